The van der Waals surface area contributed by atoms with Gasteiger partial charge in [-0.25, -0.2) is 4.79 Å². The normalized spacial score (nSPS) is 19.8. The van der Waals surface area contributed by atoms with Crippen LogP contribution in [0.25, 0.3) is 0 Å². The third-order valence-corrected chi connectivity index (χ3v) is 3.21. The van der Waals surface area contributed by atoms with Crippen molar-refractivity contribution < 1.29 is 9.53 Å². The van der Waals surface area contributed by atoms with Crippen molar-refractivity contribution >= 4 is 22.0 Å². The van der Waals surface area contributed by atoms with Gasteiger partial charge in [0, 0.05) is 4.47 Å². The van der Waals surface area contributed by atoms with Crippen molar-refractivity contribution in [2.45, 2.75) is 18.9 Å². The molecule has 0 saturated carbocycles. The standard InChI is InChI=1S/C11H12BrNO2/c12-10-4-2-1-3-8(10)5-6-9-7-13-11(14)15-9/h1-4,9H,5-7H2,(H,13,14). The van der Waals surface area contributed by atoms with Crippen LogP contribution >= 0.6 is 15.9 Å². The minimum absolute atomic E-state index is 0.0182. The number of alkyl carbamates (subject to hydrolysis) is 1. The van der Waals surface area contributed by atoms with Gasteiger partial charge in [0.25, 0.3) is 0 Å². The summed E-state index contributed by atoms with van der Waals surface area (Å²) in [7, 11) is 0. The summed E-state index contributed by atoms with van der Waals surface area (Å²) in [4.78, 5) is 10.8. The quantitative estimate of drug-likeness (QED) is 0.916. The summed E-state index contributed by atoms with van der Waals surface area (Å²) in [5.41, 5.74) is 1.25. The lowest BCUT2D eigenvalue weighted by Crippen LogP contribution is -2.15. The van der Waals surface area contributed by atoms with E-state index in [9.17, 15) is 4.79 Å². The first kappa shape index (κ1) is 10.5. The molecule has 15 heavy (non-hydrogen) atoms. The Morgan fingerprint density at radius 3 is 2.93 bits per heavy atom. The van der Waals surface area contributed by atoms with E-state index < -0.39 is 0 Å². The zero-order chi connectivity index (χ0) is 10.7. The minimum atomic E-state index is -0.299. The largest absolute Gasteiger partial charge is 0.444 e. The molecule has 4 heteroatoms. The molecular weight excluding hydrogens is 258 g/mol. The van der Waals surface area contributed by atoms with E-state index in [1.165, 1.54) is 5.56 Å². The van der Waals surface area contributed by atoms with E-state index in [1.807, 2.05) is 18.2 Å². The van der Waals surface area contributed by atoms with E-state index in [-0.39, 0.29) is 12.2 Å². The minimum Gasteiger partial charge on any atom is -0.444 e. The molecule has 0 aliphatic carbocycles. The van der Waals surface area contributed by atoms with Crippen molar-refractivity contribution in [1.82, 2.24) is 5.32 Å². The van der Waals surface area contributed by atoms with Crippen molar-refractivity contribution in [3.05, 3.63) is 34.3 Å². The number of carbonyl (C=O) groups excluding carboxylic acids is 1. The van der Waals surface area contributed by atoms with Crippen LogP contribution in [0.2, 0.25) is 0 Å². The third kappa shape index (κ3) is 2.72. The van der Waals surface area contributed by atoms with E-state index in [0.29, 0.717) is 6.54 Å². The fourth-order valence-corrected chi connectivity index (χ4v) is 2.09. The summed E-state index contributed by atoms with van der Waals surface area (Å²) in [5, 5.41) is 2.65. The Labute approximate surface area is 96.9 Å². The number of ether oxygens (including phenoxy) is 1. The number of rotatable bonds is 3. The summed E-state index contributed by atoms with van der Waals surface area (Å²) in [5.74, 6) is 0. The van der Waals surface area contributed by atoms with Crippen LogP contribution in [0.3, 0.4) is 0 Å². The molecule has 1 aromatic carbocycles. The van der Waals surface area contributed by atoms with Crippen molar-refractivity contribution in [2.75, 3.05) is 6.54 Å². The van der Waals surface area contributed by atoms with Crippen LogP contribution in [0.5, 0.6) is 0 Å². The molecule has 1 N–H and O–H groups in total. The average Bonchev–Trinajstić information content (AvgIpc) is 2.63. The van der Waals surface area contributed by atoms with Gasteiger partial charge in [-0.2, -0.15) is 0 Å². The average molecular weight is 270 g/mol. The van der Waals surface area contributed by atoms with E-state index in [1.54, 1.807) is 0 Å². The van der Waals surface area contributed by atoms with Crippen LogP contribution in [-0.2, 0) is 11.2 Å². The highest BCUT2D eigenvalue weighted by atomic mass is 79.9. The fourth-order valence-electron chi connectivity index (χ4n) is 1.61. The number of halogens is 1. The Hall–Kier alpha value is -1.03. The molecule has 0 aromatic heterocycles. The predicted molar refractivity (Wildman–Crippen MR) is 60.7 cm³/mol. The van der Waals surface area contributed by atoms with Gasteiger partial charge in [-0.15, -0.1) is 0 Å². The van der Waals surface area contributed by atoms with Crippen molar-refractivity contribution in [2.24, 2.45) is 0 Å². The number of hydrogen-bond donors (Lipinski definition) is 1. The molecule has 0 bridgehead atoms. The molecule has 1 unspecified atom stereocenters. The Morgan fingerprint density at radius 1 is 1.47 bits per heavy atom. The van der Waals surface area contributed by atoms with Gasteiger partial charge in [-0.3, -0.25) is 0 Å². The second-order valence-corrected chi connectivity index (χ2v) is 4.39. The Kier molecular flexibility index (Phi) is 3.26. The summed E-state index contributed by atoms with van der Waals surface area (Å²) < 4.78 is 6.17. The van der Waals surface area contributed by atoms with Gasteiger partial charge in [0.1, 0.15) is 6.10 Å². The first-order chi connectivity index (χ1) is 7.25. The first-order valence-corrected chi connectivity index (χ1v) is 5.73. The fraction of sp³-hybridized carbons (Fsp3) is 0.364. The molecule has 3 nitrogen and oxygen atoms in total. The van der Waals surface area contributed by atoms with Gasteiger partial charge in [-0.05, 0) is 24.5 Å². The van der Waals surface area contributed by atoms with Crippen LogP contribution in [0.4, 0.5) is 4.79 Å². The first-order valence-electron chi connectivity index (χ1n) is 4.93. The lowest BCUT2D eigenvalue weighted by Gasteiger charge is -2.08. The predicted octanol–water partition coefficient (Wildman–Crippen LogP) is 2.49. The second-order valence-electron chi connectivity index (χ2n) is 3.54. The molecule has 1 heterocycles. The molecule has 1 atom stereocenters. The molecule has 2 rings (SSSR count). The van der Waals surface area contributed by atoms with E-state index in [4.69, 9.17) is 4.74 Å². The summed E-state index contributed by atoms with van der Waals surface area (Å²) >= 11 is 3.49. The smallest absolute Gasteiger partial charge is 0.407 e. The van der Waals surface area contributed by atoms with Gasteiger partial charge in [0.2, 0.25) is 0 Å². The van der Waals surface area contributed by atoms with Crippen LogP contribution in [0, 0.1) is 0 Å². The number of benzene rings is 1. The monoisotopic (exact) mass is 269 g/mol. The lowest BCUT2D eigenvalue weighted by molar-refractivity contribution is 0.136. The van der Waals surface area contributed by atoms with Gasteiger partial charge in [0.15, 0.2) is 0 Å². The van der Waals surface area contributed by atoms with Gasteiger partial charge in [-0.1, -0.05) is 34.1 Å². The third-order valence-electron chi connectivity index (χ3n) is 2.44. The highest BCUT2D eigenvalue weighted by Gasteiger charge is 2.21. The van der Waals surface area contributed by atoms with E-state index >= 15 is 0 Å². The molecule has 1 amide bonds. The molecular formula is C11H12BrNO2. The van der Waals surface area contributed by atoms with Crippen molar-refractivity contribution in [3.63, 3.8) is 0 Å². The van der Waals surface area contributed by atoms with E-state index in [2.05, 4.69) is 27.3 Å². The Balaban J connectivity index is 1.88. The zero-order valence-electron chi connectivity index (χ0n) is 8.20. The second kappa shape index (κ2) is 4.66. The van der Waals surface area contributed by atoms with Gasteiger partial charge >= 0.3 is 6.09 Å². The number of carbonyl (C=O) groups is 1. The summed E-state index contributed by atoms with van der Waals surface area (Å²) in [6.07, 6.45) is 1.50. The molecule has 1 fully saturated rings. The van der Waals surface area contributed by atoms with Crippen LogP contribution in [0.15, 0.2) is 28.7 Å². The summed E-state index contributed by atoms with van der Waals surface area (Å²) in [6, 6.07) is 8.10. The number of nitrogens with one attached hydrogen (secondary N) is 1. The van der Waals surface area contributed by atoms with Crippen molar-refractivity contribution in [3.8, 4) is 0 Å². The highest BCUT2D eigenvalue weighted by molar-refractivity contribution is 9.10. The van der Waals surface area contributed by atoms with Gasteiger partial charge in [0.05, 0.1) is 6.54 Å². The molecule has 0 spiro atoms. The van der Waals surface area contributed by atoms with Crippen LogP contribution in [-0.4, -0.2) is 18.7 Å². The van der Waals surface area contributed by atoms with E-state index in [0.717, 1.165) is 17.3 Å². The SMILES string of the molecule is O=C1NCC(CCc2ccccc2Br)O1. The summed E-state index contributed by atoms with van der Waals surface area (Å²) in [6.45, 7) is 0.628. The molecule has 0 radical (unpaired) electrons. The zero-order valence-corrected chi connectivity index (χ0v) is 9.79. The number of hydrogen-bond acceptors (Lipinski definition) is 2. The maximum atomic E-state index is 10.8. The molecule has 1 aliphatic rings. The lowest BCUT2D eigenvalue weighted by atomic mass is 10.1. The van der Waals surface area contributed by atoms with Gasteiger partial charge < -0.3 is 10.1 Å². The number of cyclic esters (lactones) is 1. The van der Waals surface area contributed by atoms with Crippen LogP contribution in [0.1, 0.15) is 12.0 Å². The molecule has 1 saturated heterocycles. The molecule has 1 aliphatic heterocycles. The Morgan fingerprint density at radius 2 is 2.27 bits per heavy atom. The number of aryl methyl sites for hydroxylation is 1. The molecule has 80 valence electrons. The van der Waals surface area contributed by atoms with Crippen molar-refractivity contribution in [1.29, 1.82) is 0 Å². The molecule has 1 aromatic rings. The Bertz CT molecular complexity index is 367. The maximum absolute atomic E-state index is 10.8. The maximum Gasteiger partial charge on any atom is 0.407 e. The highest BCUT2D eigenvalue weighted by Crippen LogP contribution is 2.19. The van der Waals surface area contributed by atoms with Crippen LogP contribution < -0.4 is 5.32 Å². The number of amides is 1. The topological polar surface area (TPSA) is 38.3 Å².